The number of carbonyl (C=O) groups is 1. The normalized spacial score (nSPS) is 19.4. The molecular formula is C27H21F4N5O4S. The monoisotopic (exact) mass is 587 g/mol. The van der Waals surface area contributed by atoms with Crippen molar-refractivity contribution < 1.29 is 35.2 Å². The highest BCUT2D eigenvalue weighted by Gasteiger charge is 2.52. The summed E-state index contributed by atoms with van der Waals surface area (Å²) in [5.41, 5.74) is 0.107. The molecule has 1 saturated heterocycles. The van der Waals surface area contributed by atoms with Crippen molar-refractivity contribution in [1.29, 1.82) is 0 Å². The van der Waals surface area contributed by atoms with Crippen molar-refractivity contribution in [3.63, 3.8) is 0 Å². The smallest absolute Gasteiger partial charge is 0.416 e. The number of fused-ring (bicyclic) bond motifs is 2. The highest BCUT2D eigenvalue weighted by Crippen LogP contribution is 2.47. The van der Waals surface area contributed by atoms with Gasteiger partial charge in [0.25, 0.3) is 5.89 Å². The molecule has 1 atom stereocenters. The SMILES string of the molecule is Cc1nnc(C(=O)[C@]23Cc4cnn(-c5ccc(F)cc5)c4C=C2CCN(S(=O)(=O)c2ccc(C(F)(F)F)cc2)C3)o1. The molecule has 212 valence electrons. The summed E-state index contributed by atoms with van der Waals surface area (Å²) in [5, 5.41) is 12.1. The van der Waals surface area contributed by atoms with E-state index in [1.807, 2.05) is 0 Å². The largest absolute Gasteiger partial charge is 0.419 e. The highest BCUT2D eigenvalue weighted by atomic mass is 32.2. The summed E-state index contributed by atoms with van der Waals surface area (Å²) < 4.78 is 88.1. The molecule has 9 nitrogen and oxygen atoms in total. The summed E-state index contributed by atoms with van der Waals surface area (Å²) >= 11 is 0. The molecule has 6 rings (SSSR count). The van der Waals surface area contributed by atoms with Gasteiger partial charge in [-0.2, -0.15) is 22.6 Å². The van der Waals surface area contributed by atoms with E-state index >= 15 is 0 Å². The van der Waals surface area contributed by atoms with Crippen LogP contribution >= 0.6 is 0 Å². The Morgan fingerprint density at radius 1 is 1.05 bits per heavy atom. The molecule has 2 aromatic carbocycles. The third kappa shape index (κ3) is 4.56. The number of alkyl halides is 3. The minimum absolute atomic E-state index is 0.0207. The van der Waals surface area contributed by atoms with Crippen molar-refractivity contribution in [2.24, 2.45) is 5.41 Å². The summed E-state index contributed by atoms with van der Waals surface area (Å²) in [6.45, 7) is 1.20. The molecule has 1 fully saturated rings. The van der Waals surface area contributed by atoms with Crippen LogP contribution < -0.4 is 0 Å². The number of Topliss-reactive ketones (excluding diaryl/α,β-unsaturated/α-hetero) is 1. The second-order valence-corrected chi connectivity index (χ2v) is 11.9. The van der Waals surface area contributed by atoms with Gasteiger partial charge in [0.15, 0.2) is 0 Å². The van der Waals surface area contributed by atoms with Crippen LogP contribution in [0.1, 0.15) is 39.8 Å². The van der Waals surface area contributed by atoms with Gasteiger partial charge in [0.05, 0.1) is 33.5 Å². The van der Waals surface area contributed by atoms with E-state index in [0.29, 0.717) is 34.7 Å². The first-order valence-corrected chi connectivity index (χ1v) is 13.9. The number of nitrogens with zero attached hydrogens (tertiary/aromatic N) is 5. The number of rotatable bonds is 5. The molecule has 0 N–H and O–H groups in total. The lowest BCUT2D eigenvalue weighted by Gasteiger charge is -2.44. The summed E-state index contributed by atoms with van der Waals surface area (Å²) in [5.74, 6) is -1.11. The Balaban J connectivity index is 1.41. The van der Waals surface area contributed by atoms with Crippen LogP contribution in [0.3, 0.4) is 0 Å². The number of sulfonamides is 1. The van der Waals surface area contributed by atoms with E-state index in [4.69, 9.17) is 4.42 Å². The Labute approximate surface area is 231 Å². The van der Waals surface area contributed by atoms with Gasteiger partial charge in [-0.1, -0.05) is 5.57 Å². The van der Waals surface area contributed by atoms with E-state index in [-0.39, 0.29) is 42.6 Å². The predicted molar refractivity (Wildman–Crippen MR) is 136 cm³/mol. The zero-order valence-electron chi connectivity index (χ0n) is 21.4. The van der Waals surface area contributed by atoms with Crippen molar-refractivity contribution in [3.05, 3.63) is 94.7 Å². The average molecular weight is 588 g/mol. The van der Waals surface area contributed by atoms with E-state index in [0.717, 1.165) is 16.4 Å². The Kier molecular flexibility index (Phi) is 6.23. The fraction of sp³-hybridized carbons (Fsp3) is 0.259. The Morgan fingerprint density at radius 2 is 1.76 bits per heavy atom. The van der Waals surface area contributed by atoms with Gasteiger partial charge in [-0.25, -0.2) is 17.5 Å². The Hall–Kier alpha value is -4.17. The topological polar surface area (TPSA) is 111 Å². The van der Waals surface area contributed by atoms with Gasteiger partial charge in [0.2, 0.25) is 21.7 Å². The number of benzene rings is 2. The fourth-order valence-electron chi connectivity index (χ4n) is 5.37. The molecule has 1 aliphatic carbocycles. The molecule has 0 saturated carbocycles. The molecule has 4 aromatic rings. The summed E-state index contributed by atoms with van der Waals surface area (Å²) in [6, 6.07) is 8.97. The number of piperidine rings is 1. The van der Waals surface area contributed by atoms with Crippen LogP contribution in [0.5, 0.6) is 0 Å². The van der Waals surface area contributed by atoms with E-state index in [1.165, 1.54) is 19.1 Å². The molecule has 0 unspecified atom stereocenters. The quantitative estimate of drug-likeness (QED) is 0.247. The molecule has 3 heterocycles. The third-order valence-corrected chi connectivity index (χ3v) is 9.29. The van der Waals surface area contributed by atoms with Gasteiger partial charge >= 0.3 is 6.18 Å². The molecule has 2 aromatic heterocycles. The Morgan fingerprint density at radius 3 is 2.39 bits per heavy atom. The summed E-state index contributed by atoms with van der Waals surface area (Å²) in [7, 11) is -4.28. The summed E-state index contributed by atoms with van der Waals surface area (Å²) in [4.78, 5) is 13.7. The lowest BCUT2D eigenvalue weighted by Crippen LogP contribution is -2.53. The molecule has 14 heteroatoms. The van der Waals surface area contributed by atoms with Crippen LogP contribution in [0.25, 0.3) is 11.8 Å². The zero-order chi connectivity index (χ0) is 29.2. The van der Waals surface area contributed by atoms with Gasteiger partial charge < -0.3 is 4.42 Å². The van der Waals surface area contributed by atoms with E-state index in [1.54, 1.807) is 29.1 Å². The molecule has 0 spiro atoms. The van der Waals surface area contributed by atoms with Gasteiger partial charge in [-0.3, -0.25) is 4.79 Å². The minimum atomic E-state index is -4.62. The van der Waals surface area contributed by atoms with Crippen molar-refractivity contribution in [2.45, 2.75) is 30.8 Å². The Bertz CT molecular complexity index is 1790. The molecular weight excluding hydrogens is 566 g/mol. The second kappa shape index (κ2) is 9.45. The van der Waals surface area contributed by atoms with Gasteiger partial charge in [0, 0.05) is 20.0 Å². The molecule has 0 radical (unpaired) electrons. The first-order valence-electron chi connectivity index (χ1n) is 12.4. The van der Waals surface area contributed by atoms with Gasteiger partial charge in [-0.15, -0.1) is 10.2 Å². The maximum atomic E-state index is 14.0. The van der Waals surface area contributed by atoms with Crippen molar-refractivity contribution in [1.82, 2.24) is 24.3 Å². The third-order valence-electron chi connectivity index (χ3n) is 7.43. The number of halogens is 4. The van der Waals surface area contributed by atoms with Crippen LogP contribution in [0, 0.1) is 18.2 Å². The molecule has 2 aliphatic rings. The predicted octanol–water partition coefficient (Wildman–Crippen LogP) is 4.63. The number of aromatic nitrogens is 4. The fourth-order valence-corrected chi connectivity index (χ4v) is 6.87. The minimum Gasteiger partial charge on any atom is -0.419 e. The average Bonchev–Trinajstić information content (AvgIpc) is 3.56. The van der Waals surface area contributed by atoms with Crippen LogP contribution in [0.4, 0.5) is 17.6 Å². The van der Waals surface area contributed by atoms with Gasteiger partial charge in [0.1, 0.15) is 5.82 Å². The lowest BCUT2D eigenvalue weighted by molar-refractivity contribution is -0.137. The molecule has 41 heavy (non-hydrogen) atoms. The first kappa shape index (κ1) is 27.0. The van der Waals surface area contributed by atoms with Crippen molar-refractivity contribution >= 4 is 21.9 Å². The second-order valence-electron chi connectivity index (χ2n) is 9.94. The van der Waals surface area contributed by atoms with Crippen molar-refractivity contribution in [2.75, 3.05) is 13.1 Å². The molecule has 1 aliphatic heterocycles. The van der Waals surface area contributed by atoms with Crippen LogP contribution in [0.15, 0.2) is 69.6 Å². The maximum Gasteiger partial charge on any atom is 0.416 e. The zero-order valence-corrected chi connectivity index (χ0v) is 22.2. The van der Waals surface area contributed by atoms with E-state index in [2.05, 4.69) is 15.3 Å². The van der Waals surface area contributed by atoms with Crippen LogP contribution in [0.2, 0.25) is 0 Å². The maximum absolute atomic E-state index is 14.0. The van der Waals surface area contributed by atoms with Crippen LogP contribution in [-0.2, 0) is 22.6 Å². The lowest BCUT2D eigenvalue weighted by atomic mass is 9.66. The number of carbonyl (C=O) groups excluding carboxylic acids is 1. The molecule has 0 bridgehead atoms. The van der Waals surface area contributed by atoms with E-state index in [9.17, 15) is 30.8 Å². The number of hydrogen-bond acceptors (Lipinski definition) is 7. The van der Waals surface area contributed by atoms with E-state index < -0.39 is 38.8 Å². The number of ketones is 1. The number of hydrogen-bond donors (Lipinski definition) is 0. The molecule has 0 amide bonds. The summed E-state index contributed by atoms with van der Waals surface area (Å²) in [6.07, 6.45) is -1.09. The highest BCUT2D eigenvalue weighted by molar-refractivity contribution is 7.89. The van der Waals surface area contributed by atoms with Gasteiger partial charge in [-0.05, 0) is 73.0 Å². The standard InChI is InChI=1S/C27H21F4N5O4S/c1-16-33-34-25(40-16)24(37)26-13-17-14-32-36(21-6-4-20(28)5-7-21)23(17)12-19(26)10-11-35(15-26)41(38,39)22-8-2-18(3-9-22)27(29,30)31/h2-9,12,14H,10-11,13,15H2,1H3/t26-/m0/s1. The first-order chi connectivity index (χ1) is 19.4. The van der Waals surface area contributed by atoms with Crippen molar-refractivity contribution in [3.8, 4) is 5.69 Å². The van der Waals surface area contributed by atoms with Crippen LogP contribution in [-0.4, -0.2) is 51.6 Å². The number of aryl methyl sites for hydroxylation is 1.